The van der Waals surface area contributed by atoms with Crippen LogP contribution in [0.25, 0.3) is 0 Å². The first kappa shape index (κ1) is 8.21. The lowest BCUT2D eigenvalue weighted by molar-refractivity contribution is 0.532. The largest absolute Gasteiger partial charge is 0.270 e. The van der Waals surface area contributed by atoms with Crippen molar-refractivity contribution in [3.05, 3.63) is 18.5 Å². The average Bonchev–Trinajstić information content (AvgIpc) is 2.12. The molecule has 0 aromatic carbocycles. The summed E-state index contributed by atoms with van der Waals surface area (Å²) < 4.78 is 1.92. The molecule has 0 atom stereocenters. The molecule has 2 heteroatoms. The van der Waals surface area contributed by atoms with Gasteiger partial charge in [0.1, 0.15) is 0 Å². The van der Waals surface area contributed by atoms with Gasteiger partial charge in [0.25, 0.3) is 0 Å². The molecule has 0 spiro atoms. The van der Waals surface area contributed by atoms with Crippen LogP contribution in [0.15, 0.2) is 18.5 Å². The fraction of sp³-hybridized carbons (Fsp3) is 0.571. The molecule has 0 radical (unpaired) electrons. The monoisotopic (exact) mass is 126 g/mol. The normalized spacial score (nSPS) is 9.22. The Morgan fingerprint density at radius 2 is 2.11 bits per heavy atom. The quantitative estimate of drug-likeness (QED) is 0.563. The molecule has 0 aliphatic carbocycles. The summed E-state index contributed by atoms with van der Waals surface area (Å²) in [5.74, 6) is 0. The minimum atomic E-state index is 0. The number of hydrogen-bond acceptors (Lipinski definition) is 1. The molecule has 0 saturated heterocycles. The molecule has 1 heterocycles. The summed E-state index contributed by atoms with van der Waals surface area (Å²) in [6, 6.07) is 2.42. The number of hydrogen-bond donors (Lipinski definition) is 0. The smallest absolute Gasteiger partial charge is 0.0489 e. The molecule has 0 amide bonds. The minimum absolute atomic E-state index is 0. The maximum Gasteiger partial charge on any atom is 0.0489 e. The molecule has 0 unspecified atom stereocenters. The zero-order valence-electron chi connectivity index (χ0n) is 5.20. The van der Waals surface area contributed by atoms with Crippen molar-refractivity contribution >= 4 is 0 Å². The third kappa shape index (κ3) is 1.88. The van der Waals surface area contributed by atoms with E-state index in [1.54, 1.807) is 6.20 Å². The van der Waals surface area contributed by atoms with Crippen LogP contribution in [0.1, 0.15) is 27.3 Å². The van der Waals surface area contributed by atoms with Crippen molar-refractivity contribution in [1.29, 1.82) is 0 Å². The molecule has 1 aromatic heterocycles. The van der Waals surface area contributed by atoms with Gasteiger partial charge in [0, 0.05) is 18.4 Å². The van der Waals surface area contributed by atoms with Gasteiger partial charge in [-0.2, -0.15) is 5.10 Å². The van der Waals surface area contributed by atoms with Crippen molar-refractivity contribution in [3.8, 4) is 0 Å². The summed E-state index contributed by atoms with van der Waals surface area (Å²) >= 11 is 0. The second kappa shape index (κ2) is 3.28. The maximum atomic E-state index is 4.03. The topological polar surface area (TPSA) is 17.8 Å². The van der Waals surface area contributed by atoms with Crippen LogP contribution in [-0.4, -0.2) is 9.78 Å². The molecule has 0 saturated carbocycles. The van der Waals surface area contributed by atoms with Crippen LogP contribution < -0.4 is 0 Å². The minimum Gasteiger partial charge on any atom is -0.270 e. The standard InChI is InChI=1S/C6H10N2.CH4/c1-6(2)8-5-3-4-7-8;/h3-6H,1-2H3;1H4. The predicted octanol–water partition coefficient (Wildman–Crippen LogP) is 2.10. The SMILES string of the molecule is C.CC(C)n1cccn1. The van der Waals surface area contributed by atoms with Gasteiger partial charge in [0.05, 0.1) is 0 Å². The molecule has 9 heavy (non-hydrogen) atoms. The van der Waals surface area contributed by atoms with Crippen molar-refractivity contribution in [2.24, 2.45) is 0 Å². The van der Waals surface area contributed by atoms with Gasteiger partial charge in [-0.05, 0) is 19.9 Å². The van der Waals surface area contributed by atoms with Crippen molar-refractivity contribution in [2.45, 2.75) is 27.3 Å². The van der Waals surface area contributed by atoms with Gasteiger partial charge in [-0.3, -0.25) is 4.68 Å². The summed E-state index contributed by atoms with van der Waals surface area (Å²) in [5, 5.41) is 4.03. The van der Waals surface area contributed by atoms with Crippen LogP contribution in [0.3, 0.4) is 0 Å². The second-order valence-electron chi connectivity index (χ2n) is 2.08. The van der Waals surface area contributed by atoms with Crippen molar-refractivity contribution in [3.63, 3.8) is 0 Å². The zero-order valence-corrected chi connectivity index (χ0v) is 5.20. The van der Waals surface area contributed by atoms with Crippen LogP contribution >= 0.6 is 0 Å². The molecule has 52 valence electrons. The second-order valence-corrected chi connectivity index (χ2v) is 2.08. The van der Waals surface area contributed by atoms with E-state index in [1.165, 1.54) is 0 Å². The molecular formula is C7H14N2. The first-order chi connectivity index (χ1) is 3.80. The zero-order chi connectivity index (χ0) is 5.98. The summed E-state index contributed by atoms with van der Waals surface area (Å²) in [6.07, 6.45) is 3.75. The van der Waals surface area contributed by atoms with Gasteiger partial charge in [-0.1, -0.05) is 7.43 Å². The van der Waals surface area contributed by atoms with Crippen LogP contribution in [0.2, 0.25) is 0 Å². The third-order valence-electron chi connectivity index (χ3n) is 1.05. The Labute approximate surface area is 56.5 Å². The highest BCUT2D eigenvalue weighted by molar-refractivity contribution is 4.79. The summed E-state index contributed by atoms with van der Waals surface area (Å²) in [7, 11) is 0. The first-order valence-corrected chi connectivity index (χ1v) is 2.80. The van der Waals surface area contributed by atoms with Gasteiger partial charge in [0.15, 0.2) is 0 Å². The Hall–Kier alpha value is -0.790. The van der Waals surface area contributed by atoms with E-state index in [9.17, 15) is 0 Å². The summed E-state index contributed by atoms with van der Waals surface area (Å²) in [5.41, 5.74) is 0. The van der Waals surface area contributed by atoms with E-state index in [2.05, 4.69) is 18.9 Å². The highest BCUT2D eigenvalue weighted by atomic mass is 15.3. The van der Waals surface area contributed by atoms with Crippen molar-refractivity contribution < 1.29 is 0 Å². The van der Waals surface area contributed by atoms with E-state index in [0.29, 0.717) is 6.04 Å². The molecule has 0 aliphatic rings. The van der Waals surface area contributed by atoms with E-state index in [1.807, 2.05) is 16.9 Å². The van der Waals surface area contributed by atoms with Gasteiger partial charge in [-0.25, -0.2) is 0 Å². The highest BCUT2D eigenvalue weighted by Crippen LogP contribution is 1.98. The lowest BCUT2D eigenvalue weighted by Crippen LogP contribution is -1.99. The molecule has 2 nitrogen and oxygen atoms in total. The number of aromatic nitrogens is 2. The Balaban J connectivity index is 0.000000640. The number of nitrogens with zero attached hydrogens (tertiary/aromatic N) is 2. The van der Waals surface area contributed by atoms with Gasteiger partial charge >= 0.3 is 0 Å². The highest BCUT2D eigenvalue weighted by Gasteiger charge is 1.91. The first-order valence-electron chi connectivity index (χ1n) is 2.80. The number of rotatable bonds is 1. The van der Waals surface area contributed by atoms with E-state index >= 15 is 0 Å². The lowest BCUT2D eigenvalue weighted by Gasteiger charge is -2.01. The molecule has 0 N–H and O–H groups in total. The Bertz CT molecular complexity index is 142. The van der Waals surface area contributed by atoms with Gasteiger partial charge in [0.2, 0.25) is 0 Å². The Morgan fingerprint density at radius 3 is 2.33 bits per heavy atom. The predicted molar refractivity (Wildman–Crippen MR) is 39.3 cm³/mol. The molecule has 1 rings (SSSR count). The van der Waals surface area contributed by atoms with Crippen molar-refractivity contribution in [1.82, 2.24) is 9.78 Å². The Morgan fingerprint density at radius 1 is 1.44 bits per heavy atom. The molecule has 0 fully saturated rings. The van der Waals surface area contributed by atoms with Crippen LogP contribution in [-0.2, 0) is 0 Å². The molecule has 1 aromatic rings. The van der Waals surface area contributed by atoms with Crippen LogP contribution in [0.5, 0.6) is 0 Å². The maximum absolute atomic E-state index is 4.03. The van der Waals surface area contributed by atoms with Gasteiger partial charge in [-0.15, -0.1) is 0 Å². The van der Waals surface area contributed by atoms with E-state index in [0.717, 1.165) is 0 Å². The van der Waals surface area contributed by atoms with Gasteiger partial charge < -0.3 is 0 Å². The van der Waals surface area contributed by atoms with E-state index in [-0.39, 0.29) is 7.43 Å². The summed E-state index contributed by atoms with van der Waals surface area (Å²) in [6.45, 7) is 4.21. The fourth-order valence-corrected chi connectivity index (χ4v) is 0.586. The van der Waals surface area contributed by atoms with E-state index < -0.39 is 0 Å². The fourth-order valence-electron chi connectivity index (χ4n) is 0.586. The lowest BCUT2D eigenvalue weighted by atomic mass is 10.4. The average molecular weight is 126 g/mol. The Kier molecular flexibility index (Phi) is 2.99. The molecule has 0 bridgehead atoms. The van der Waals surface area contributed by atoms with E-state index in [4.69, 9.17) is 0 Å². The molecular weight excluding hydrogens is 112 g/mol. The third-order valence-corrected chi connectivity index (χ3v) is 1.05. The van der Waals surface area contributed by atoms with Crippen LogP contribution in [0.4, 0.5) is 0 Å². The van der Waals surface area contributed by atoms with Crippen molar-refractivity contribution in [2.75, 3.05) is 0 Å². The summed E-state index contributed by atoms with van der Waals surface area (Å²) in [4.78, 5) is 0. The van der Waals surface area contributed by atoms with Crippen LogP contribution in [0, 0.1) is 0 Å². The molecule has 0 aliphatic heterocycles.